The number of rotatable bonds is 9. The molecule has 0 saturated carbocycles. The molecule has 4 rings (SSSR count). The number of anilines is 6. The Labute approximate surface area is 281 Å². The van der Waals surface area contributed by atoms with Gasteiger partial charge in [-0.1, -0.05) is 18.2 Å². The van der Waals surface area contributed by atoms with E-state index < -0.39 is 18.1 Å². The van der Waals surface area contributed by atoms with Crippen molar-refractivity contribution in [2.75, 3.05) is 33.2 Å². The van der Waals surface area contributed by atoms with Gasteiger partial charge in [-0.3, -0.25) is 0 Å². The minimum absolute atomic E-state index is 0.188. The third kappa shape index (κ3) is 8.66. The fourth-order valence-electron chi connectivity index (χ4n) is 5.58. The van der Waals surface area contributed by atoms with Crippen LogP contribution in [-0.4, -0.2) is 18.1 Å². The second-order valence-corrected chi connectivity index (χ2v) is 12.0. The molecule has 0 aliphatic carbocycles. The highest BCUT2D eigenvalue weighted by Crippen LogP contribution is 2.28. The molecule has 0 unspecified atom stereocenters. The molecule has 0 aliphatic rings. The van der Waals surface area contributed by atoms with E-state index in [0.717, 1.165) is 50.1 Å². The number of nitrogens with one attached hydrogen (secondary N) is 6. The molecular weight excluding hydrogens is 606 g/mol. The molecule has 0 atom stereocenters. The molecule has 4 aromatic rings. The number of carbonyl (C=O) groups excluding carboxylic acids is 3. The van der Waals surface area contributed by atoms with Crippen LogP contribution in [0.5, 0.6) is 0 Å². The Bertz CT molecular complexity index is 1640. The van der Waals surface area contributed by atoms with Crippen LogP contribution in [0.2, 0.25) is 0 Å². The predicted molar refractivity (Wildman–Crippen MR) is 195 cm³/mol. The van der Waals surface area contributed by atoms with Crippen LogP contribution in [0.4, 0.5) is 48.5 Å². The number of nitrogens with two attached hydrogens (primary N) is 3. The van der Waals surface area contributed by atoms with E-state index in [2.05, 4.69) is 31.9 Å². The van der Waals surface area contributed by atoms with Crippen molar-refractivity contribution in [1.82, 2.24) is 16.0 Å². The number of amides is 6. The number of nitrogen functional groups attached to an aromatic ring is 3. The molecule has 0 radical (unpaired) electrons. The molecule has 0 aromatic heterocycles. The highest BCUT2D eigenvalue weighted by atomic mass is 16.2. The maximum atomic E-state index is 12.9. The van der Waals surface area contributed by atoms with Crippen LogP contribution in [-0.2, 0) is 19.6 Å². The van der Waals surface area contributed by atoms with Crippen LogP contribution in [0.3, 0.4) is 0 Å². The second kappa shape index (κ2) is 15.1. The van der Waals surface area contributed by atoms with E-state index in [1.54, 1.807) is 36.4 Å². The molecule has 12 N–H and O–H groups in total. The SMILES string of the molecule is Cc1ccc(NC(=O)NCc2c(C)c(CNC(=O)Nc3ccc(C)cc3N)c(C)c(CNC(=O)Nc3ccc(C)cc3N)c2C)c(N)c1. The average molecular weight is 652 g/mol. The molecule has 252 valence electrons. The van der Waals surface area contributed by atoms with E-state index in [0.29, 0.717) is 34.1 Å². The molecule has 0 heterocycles. The van der Waals surface area contributed by atoms with Crippen LogP contribution in [0, 0.1) is 41.5 Å². The van der Waals surface area contributed by atoms with Crippen LogP contribution in [0.1, 0.15) is 50.1 Å². The summed E-state index contributed by atoms with van der Waals surface area (Å²) in [5.74, 6) is 0. The summed E-state index contributed by atoms with van der Waals surface area (Å²) in [6, 6.07) is 15.0. The van der Waals surface area contributed by atoms with Gasteiger partial charge in [0.25, 0.3) is 0 Å². The van der Waals surface area contributed by atoms with Crippen molar-refractivity contribution in [3.8, 4) is 0 Å². The minimum Gasteiger partial charge on any atom is -0.397 e. The lowest BCUT2D eigenvalue weighted by atomic mass is 9.88. The molecule has 12 heteroatoms. The third-order valence-electron chi connectivity index (χ3n) is 8.36. The van der Waals surface area contributed by atoms with E-state index in [9.17, 15) is 14.4 Å². The number of aryl methyl sites for hydroxylation is 3. The Morgan fingerprint density at radius 2 is 0.708 bits per heavy atom. The van der Waals surface area contributed by atoms with Gasteiger partial charge in [-0.25, -0.2) is 14.4 Å². The van der Waals surface area contributed by atoms with Gasteiger partial charge in [-0.05, 0) is 128 Å². The lowest BCUT2D eigenvalue weighted by molar-refractivity contribution is 0.251. The van der Waals surface area contributed by atoms with Crippen molar-refractivity contribution in [1.29, 1.82) is 0 Å². The molecule has 12 nitrogen and oxygen atoms in total. The first-order valence-corrected chi connectivity index (χ1v) is 15.6. The standard InChI is InChI=1S/C36H45N9O3/c1-19-7-10-31(28(37)13-19)43-34(46)40-16-25-22(4)26(17-41-35(47)44-32-11-8-20(2)14-29(32)38)24(6)27(23(25)5)18-42-36(48)45-33-12-9-21(3)15-30(33)39/h7-15H,16-18,37-39H2,1-6H3,(H2,40,43,46)(H2,41,44,47)(H2,42,45,48). The number of benzene rings is 4. The van der Waals surface area contributed by atoms with Crippen molar-refractivity contribution < 1.29 is 14.4 Å². The molecule has 48 heavy (non-hydrogen) atoms. The van der Waals surface area contributed by atoms with Crippen molar-refractivity contribution in [2.24, 2.45) is 0 Å². The van der Waals surface area contributed by atoms with Gasteiger partial charge in [0.2, 0.25) is 0 Å². The summed E-state index contributed by atoms with van der Waals surface area (Å²) >= 11 is 0. The second-order valence-electron chi connectivity index (χ2n) is 12.0. The first-order chi connectivity index (χ1) is 22.7. The van der Waals surface area contributed by atoms with E-state index >= 15 is 0 Å². The Balaban J connectivity index is 1.56. The summed E-state index contributed by atoms with van der Waals surface area (Å²) in [5.41, 5.74) is 29.4. The molecule has 0 saturated heterocycles. The Hall–Kier alpha value is -5.91. The Morgan fingerprint density at radius 3 is 0.938 bits per heavy atom. The zero-order chi connectivity index (χ0) is 35.1. The monoisotopic (exact) mass is 651 g/mol. The summed E-state index contributed by atoms with van der Waals surface area (Å²) in [4.78, 5) is 38.8. The van der Waals surface area contributed by atoms with E-state index in [1.807, 2.05) is 59.7 Å². The molecular formula is C36H45N9O3. The van der Waals surface area contributed by atoms with Crippen molar-refractivity contribution in [3.05, 3.63) is 105 Å². The summed E-state index contributed by atoms with van der Waals surface area (Å²) in [7, 11) is 0. The summed E-state index contributed by atoms with van der Waals surface area (Å²) in [5, 5.41) is 17.2. The number of hydrogen-bond donors (Lipinski definition) is 9. The van der Waals surface area contributed by atoms with Crippen LogP contribution in [0.15, 0.2) is 54.6 Å². The largest absolute Gasteiger partial charge is 0.397 e. The van der Waals surface area contributed by atoms with Gasteiger partial charge in [-0.15, -0.1) is 0 Å². The topological polar surface area (TPSA) is 201 Å². The van der Waals surface area contributed by atoms with Gasteiger partial charge in [0.05, 0.1) is 34.1 Å². The van der Waals surface area contributed by atoms with Crippen molar-refractivity contribution in [2.45, 2.75) is 61.2 Å². The van der Waals surface area contributed by atoms with E-state index in [1.165, 1.54) is 0 Å². The summed E-state index contributed by atoms with van der Waals surface area (Å²) in [6.45, 7) is 12.2. The third-order valence-corrected chi connectivity index (χ3v) is 8.36. The zero-order valence-electron chi connectivity index (χ0n) is 28.3. The summed E-state index contributed by atoms with van der Waals surface area (Å²) in [6.07, 6.45) is 0. The van der Waals surface area contributed by atoms with Crippen molar-refractivity contribution >= 4 is 52.2 Å². The summed E-state index contributed by atoms with van der Waals surface area (Å²) < 4.78 is 0. The first-order valence-electron chi connectivity index (χ1n) is 15.6. The molecule has 6 amide bonds. The van der Waals surface area contributed by atoms with Gasteiger partial charge in [0.1, 0.15) is 0 Å². The minimum atomic E-state index is -0.422. The van der Waals surface area contributed by atoms with Gasteiger partial charge in [0.15, 0.2) is 0 Å². The predicted octanol–water partition coefficient (Wildman–Crippen LogP) is 6.25. The zero-order valence-corrected chi connectivity index (χ0v) is 28.3. The van der Waals surface area contributed by atoms with Gasteiger partial charge in [0, 0.05) is 19.6 Å². The molecule has 4 aromatic carbocycles. The van der Waals surface area contributed by atoms with E-state index in [-0.39, 0.29) is 19.6 Å². The fourth-order valence-corrected chi connectivity index (χ4v) is 5.58. The lowest BCUT2D eigenvalue weighted by Crippen LogP contribution is -2.32. The number of hydrogen-bond acceptors (Lipinski definition) is 6. The van der Waals surface area contributed by atoms with Crippen molar-refractivity contribution in [3.63, 3.8) is 0 Å². The maximum absolute atomic E-state index is 12.9. The molecule has 0 spiro atoms. The van der Waals surface area contributed by atoms with Gasteiger partial charge < -0.3 is 49.1 Å². The molecule has 0 fully saturated rings. The van der Waals surface area contributed by atoms with Crippen LogP contribution >= 0.6 is 0 Å². The lowest BCUT2D eigenvalue weighted by Gasteiger charge is -2.23. The number of urea groups is 3. The molecule has 0 aliphatic heterocycles. The Morgan fingerprint density at radius 1 is 0.458 bits per heavy atom. The number of carbonyl (C=O) groups is 3. The average Bonchev–Trinajstić information content (AvgIpc) is 3.01. The smallest absolute Gasteiger partial charge is 0.319 e. The Kier molecular flexibility index (Phi) is 11.0. The van der Waals surface area contributed by atoms with Gasteiger partial charge in [-0.2, -0.15) is 0 Å². The fraction of sp³-hybridized carbons (Fsp3) is 0.250. The normalized spacial score (nSPS) is 10.6. The van der Waals surface area contributed by atoms with Crippen LogP contribution < -0.4 is 49.1 Å². The highest BCUT2D eigenvalue weighted by molar-refractivity contribution is 5.94. The van der Waals surface area contributed by atoms with Crippen LogP contribution in [0.25, 0.3) is 0 Å². The quantitative estimate of drug-likeness (QED) is 0.0957. The van der Waals surface area contributed by atoms with E-state index in [4.69, 9.17) is 17.2 Å². The highest BCUT2D eigenvalue weighted by Gasteiger charge is 2.19. The van der Waals surface area contributed by atoms with Gasteiger partial charge >= 0.3 is 18.1 Å². The molecule has 0 bridgehead atoms. The first kappa shape index (κ1) is 35.0. The maximum Gasteiger partial charge on any atom is 0.319 e.